The highest BCUT2D eigenvalue weighted by atomic mass is 16.5. The molecular formula is C19H24N2O3. The molecule has 2 aromatic carbocycles. The van der Waals surface area contributed by atoms with E-state index in [1.165, 1.54) is 0 Å². The van der Waals surface area contributed by atoms with Crippen LogP contribution in [0.3, 0.4) is 0 Å². The number of ether oxygens (including phenoxy) is 1. The van der Waals surface area contributed by atoms with Crippen LogP contribution in [0, 0.1) is 0 Å². The molecule has 0 bridgehead atoms. The number of hydrogen-bond donors (Lipinski definition) is 3. The number of phenols is 1. The molecule has 2 aromatic rings. The van der Waals surface area contributed by atoms with E-state index in [1.807, 2.05) is 43.3 Å². The number of hydrogen-bond acceptors (Lipinski definition) is 3. The normalized spacial score (nSPS) is 11.6. The molecule has 0 saturated carbocycles. The number of amides is 2. The van der Waals surface area contributed by atoms with Crippen molar-refractivity contribution in [3.05, 3.63) is 59.7 Å². The summed E-state index contributed by atoms with van der Waals surface area (Å²) in [7, 11) is 1.63. The molecular weight excluding hydrogens is 304 g/mol. The molecule has 3 N–H and O–H groups in total. The van der Waals surface area contributed by atoms with Crippen molar-refractivity contribution in [3.63, 3.8) is 0 Å². The third-order valence-electron chi connectivity index (χ3n) is 3.79. The van der Waals surface area contributed by atoms with Crippen molar-refractivity contribution in [1.82, 2.24) is 10.6 Å². The second kappa shape index (κ2) is 8.82. The number of carbonyl (C=O) groups is 1. The molecule has 5 nitrogen and oxygen atoms in total. The second-order valence-electron chi connectivity index (χ2n) is 5.78. The molecule has 0 saturated heterocycles. The van der Waals surface area contributed by atoms with E-state index in [4.69, 9.17) is 4.74 Å². The van der Waals surface area contributed by atoms with Crippen LogP contribution < -0.4 is 15.4 Å². The molecule has 1 unspecified atom stereocenters. The van der Waals surface area contributed by atoms with Crippen LogP contribution in [0.1, 0.15) is 24.5 Å². The lowest BCUT2D eigenvalue weighted by Gasteiger charge is -2.15. The molecule has 2 amide bonds. The summed E-state index contributed by atoms with van der Waals surface area (Å²) >= 11 is 0. The molecule has 1 atom stereocenters. The summed E-state index contributed by atoms with van der Waals surface area (Å²) in [6.45, 7) is 2.45. The lowest BCUT2D eigenvalue weighted by Crippen LogP contribution is -2.40. The fraction of sp³-hybridized carbons (Fsp3) is 0.316. The van der Waals surface area contributed by atoms with Gasteiger partial charge in [0, 0.05) is 12.6 Å². The van der Waals surface area contributed by atoms with Crippen molar-refractivity contribution in [2.45, 2.75) is 32.4 Å². The van der Waals surface area contributed by atoms with Gasteiger partial charge in [0.2, 0.25) is 0 Å². The molecule has 0 aliphatic rings. The highest BCUT2D eigenvalue weighted by molar-refractivity contribution is 5.74. The minimum Gasteiger partial charge on any atom is -0.508 e. The van der Waals surface area contributed by atoms with Gasteiger partial charge in [0.05, 0.1) is 7.11 Å². The van der Waals surface area contributed by atoms with E-state index in [0.29, 0.717) is 6.54 Å². The van der Waals surface area contributed by atoms with Gasteiger partial charge in [-0.2, -0.15) is 0 Å². The number of rotatable bonds is 7. The van der Waals surface area contributed by atoms with Gasteiger partial charge in [-0.1, -0.05) is 24.3 Å². The Kier molecular flexibility index (Phi) is 6.49. The molecule has 0 heterocycles. The van der Waals surface area contributed by atoms with Gasteiger partial charge in [-0.05, 0) is 55.2 Å². The van der Waals surface area contributed by atoms with Gasteiger partial charge < -0.3 is 20.5 Å². The Balaban J connectivity index is 1.69. The number of aromatic hydroxyl groups is 1. The molecule has 0 aliphatic carbocycles. The summed E-state index contributed by atoms with van der Waals surface area (Å²) in [6.07, 6.45) is 1.68. The summed E-state index contributed by atoms with van der Waals surface area (Å²) in [5.74, 6) is 1.06. The Morgan fingerprint density at radius 3 is 2.33 bits per heavy atom. The number of phenolic OH excluding ortho intramolecular Hbond substituents is 1. The van der Waals surface area contributed by atoms with E-state index in [0.717, 1.165) is 29.7 Å². The van der Waals surface area contributed by atoms with Crippen molar-refractivity contribution in [2.24, 2.45) is 0 Å². The number of nitrogens with one attached hydrogen (secondary N) is 2. The zero-order valence-electron chi connectivity index (χ0n) is 14.1. The monoisotopic (exact) mass is 328 g/mol. The molecule has 24 heavy (non-hydrogen) atoms. The minimum absolute atomic E-state index is 0.0645. The van der Waals surface area contributed by atoms with Crippen LogP contribution in [-0.2, 0) is 13.0 Å². The van der Waals surface area contributed by atoms with Gasteiger partial charge in [0.15, 0.2) is 0 Å². The molecule has 0 aromatic heterocycles. The maximum Gasteiger partial charge on any atom is 0.315 e. The van der Waals surface area contributed by atoms with Crippen LogP contribution in [0.5, 0.6) is 11.5 Å². The van der Waals surface area contributed by atoms with Crippen LogP contribution >= 0.6 is 0 Å². The summed E-state index contributed by atoms with van der Waals surface area (Å²) in [5, 5.41) is 15.0. The maximum atomic E-state index is 11.9. The van der Waals surface area contributed by atoms with Crippen molar-refractivity contribution >= 4 is 6.03 Å². The number of benzene rings is 2. The van der Waals surface area contributed by atoms with Crippen molar-refractivity contribution in [2.75, 3.05) is 7.11 Å². The predicted octanol–water partition coefficient (Wildman–Crippen LogP) is 3.22. The standard InChI is InChI=1S/C19H24N2O3/c1-14(3-4-15-5-9-17(22)10-6-15)21-19(23)20-13-16-7-11-18(24-2)12-8-16/h5-12,14,22H,3-4,13H2,1-2H3,(H2,20,21,23). The Morgan fingerprint density at radius 1 is 1.08 bits per heavy atom. The molecule has 2 rings (SSSR count). The van der Waals surface area contributed by atoms with E-state index < -0.39 is 0 Å². The molecule has 0 radical (unpaired) electrons. The summed E-state index contributed by atoms with van der Waals surface area (Å²) in [5.41, 5.74) is 2.16. The fourth-order valence-corrected chi connectivity index (χ4v) is 2.32. The number of aryl methyl sites for hydroxylation is 1. The third-order valence-corrected chi connectivity index (χ3v) is 3.79. The van der Waals surface area contributed by atoms with Crippen LogP contribution in [-0.4, -0.2) is 24.3 Å². The highest BCUT2D eigenvalue weighted by Crippen LogP contribution is 2.12. The first-order valence-electron chi connectivity index (χ1n) is 8.02. The first-order valence-corrected chi connectivity index (χ1v) is 8.02. The largest absolute Gasteiger partial charge is 0.508 e. The lowest BCUT2D eigenvalue weighted by atomic mass is 10.1. The van der Waals surface area contributed by atoms with Crippen molar-refractivity contribution < 1.29 is 14.6 Å². The Bertz CT molecular complexity index is 639. The van der Waals surface area contributed by atoms with E-state index in [1.54, 1.807) is 19.2 Å². The minimum atomic E-state index is -0.177. The van der Waals surface area contributed by atoms with Crippen molar-refractivity contribution in [3.8, 4) is 11.5 Å². The zero-order chi connectivity index (χ0) is 17.4. The third kappa shape index (κ3) is 5.83. The van der Waals surface area contributed by atoms with Gasteiger partial charge in [0.25, 0.3) is 0 Å². The Morgan fingerprint density at radius 2 is 1.71 bits per heavy atom. The summed E-state index contributed by atoms with van der Waals surface area (Å²) in [4.78, 5) is 11.9. The van der Waals surface area contributed by atoms with Crippen LogP contribution in [0.4, 0.5) is 4.79 Å². The second-order valence-corrected chi connectivity index (χ2v) is 5.78. The highest BCUT2D eigenvalue weighted by Gasteiger charge is 2.07. The van der Waals surface area contributed by atoms with E-state index in [-0.39, 0.29) is 17.8 Å². The topological polar surface area (TPSA) is 70.6 Å². The van der Waals surface area contributed by atoms with Crippen LogP contribution in [0.2, 0.25) is 0 Å². The Labute approximate surface area is 142 Å². The fourth-order valence-electron chi connectivity index (χ4n) is 2.32. The first kappa shape index (κ1) is 17.7. The average Bonchev–Trinajstić information content (AvgIpc) is 2.60. The van der Waals surface area contributed by atoms with Gasteiger partial charge in [0.1, 0.15) is 11.5 Å². The maximum absolute atomic E-state index is 11.9. The predicted molar refractivity (Wildman–Crippen MR) is 94.3 cm³/mol. The molecule has 0 spiro atoms. The quantitative estimate of drug-likeness (QED) is 0.731. The van der Waals surface area contributed by atoms with Gasteiger partial charge in [-0.25, -0.2) is 4.79 Å². The van der Waals surface area contributed by atoms with Gasteiger partial charge in [-0.3, -0.25) is 0 Å². The first-order chi connectivity index (χ1) is 11.6. The molecule has 128 valence electrons. The number of urea groups is 1. The molecule has 5 heteroatoms. The van der Waals surface area contributed by atoms with E-state index in [2.05, 4.69) is 10.6 Å². The lowest BCUT2D eigenvalue weighted by molar-refractivity contribution is 0.237. The molecule has 0 aliphatic heterocycles. The average molecular weight is 328 g/mol. The van der Waals surface area contributed by atoms with Crippen LogP contribution in [0.25, 0.3) is 0 Å². The van der Waals surface area contributed by atoms with Gasteiger partial charge >= 0.3 is 6.03 Å². The SMILES string of the molecule is COc1ccc(CNC(=O)NC(C)CCc2ccc(O)cc2)cc1. The molecule has 0 fully saturated rings. The number of carbonyl (C=O) groups excluding carboxylic acids is 1. The number of methoxy groups -OCH3 is 1. The zero-order valence-corrected chi connectivity index (χ0v) is 14.1. The van der Waals surface area contributed by atoms with Crippen molar-refractivity contribution in [1.29, 1.82) is 0 Å². The van der Waals surface area contributed by atoms with E-state index >= 15 is 0 Å². The smallest absolute Gasteiger partial charge is 0.315 e. The van der Waals surface area contributed by atoms with E-state index in [9.17, 15) is 9.90 Å². The van der Waals surface area contributed by atoms with Crippen LogP contribution in [0.15, 0.2) is 48.5 Å². The Hall–Kier alpha value is -2.69. The summed E-state index contributed by atoms with van der Waals surface area (Å²) in [6, 6.07) is 14.6. The summed E-state index contributed by atoms with van der Waals surface area (Å²) < 4.78 is 5.10. The van der Waals surface area contributed by atoms with Gasteiger partial charge in [-0.15, -0.1) is 0 Å².